The van der Waals surface area contributed by atoms with Crippen LogP contribution in [0, 0.1) is 5.92 Å². The zero-order valence-corrected chi connectivity index (χ0v) is 11.8. The van der Waals surface area contributed by atoms with Crippen LogP contribution in [0.3, 0.4) is 0 Å². The van der Waals surface area contributed by atoms with Crippen LogP contribution in [0.2, 0.25) is 0 Å². The zero-order valence-electron chi connectivity index (χ0n) is 11.8. The highest BCUT2D eigenvalue weighted by Gasteiger charge is 2.30. The number of rotatable bonds is 2. The van der Waals surface area contributed by atoms with Gasteiger partial charge in [-0.3, -0.25) is 4.90 Å². The molecule has 2 saturated heterocycles. The van der Waals surface area contributed by atoms with Crippen molar-refractivity contribution in [2.24, 2.45) is 5.92 Å². The van der Waals surface area contributed by atoms with E-state index in [0.717, 1.165) is 35.4 Å². The molecule has 0 bridgehead atoms. The number of imidazole rings is 1. The number of fused-ring (bicyclic) bond motifs is 2. The quantitative estimate of drug-likeness (QED) is 0.878. The Balaban J connectivity index is 1.46. The predicted molar refractivity (Wildman–Crippen MR) is 80.5 cm³/mol. The molecule has 0 amide bonds. The van der Waals surface area contributed by atoms with Crippen LogP contribution in [0.25, 0.3) is 11.0 Å². The number of para-hydroxylation sites is 2. The Labute approximate surface area is 119 Å². The lowest BCUT2D eigenvalue weighted by molar-refractivity contribution is 0.107. The second kappa shape index (κ2) is 5.19. The van der Waals surface area contributed by atoms with E-state index >= 15 is 0 Å². The molecule has 0 spiro atoms. The van der Waals surface area contributed by atoms with Gasteiger partial charge in [-0.1, -0.05) is 12.1 Å². The molecule has 106 valence electrons. The van der Waals surface area contributed by atoms with Crippen LogP contribution in [-0.2, 0) is 6.54 Å². The van der Waals surface area contributed by atoms with E-state index < -0.39 is 0 Å². The summed E-state index contributed by atoms with van der Waals surface area (Å²) < 4.78 is 0. The van der Waals surface area contributed by atoms with Crippen molar-refractivity contribution in [3.05, 3.63) is 30.1 Å². The number of likely N-dealkylation sites (tertiary alicyclic amines) is 1. The minimum atomic E-state index is 0.760. The van der Waals surface area contributed by atoms with Gasteiger partial charge in [0, 0.05) is 19.1 Å². The number of aromatic amines is 1. The standard InChI is InChI=1S/C16H22N4/c1-2-6-15-14(5-1)18-16(19-15)11-20-9-7-13-12(10-20)4-3-8-17-13/h1-2,5-6,12-13,17H,3-4,7-11H2,(H,18,19)/t12-,13+/m1/s1. The molecule has 1 aromatic carbocycles. The second-order valence-corrected chi connectivity index (χ2v) is 6.19. The molecule has 0 aliphatic carbocycles. The molecule has 2 atom stereocenters. The highest BCUT2D eigenvalue weighted by Crippen LogP contribution is 2.25. The SMILES string of the molecule is c1ccc2[nH]c(CN3CC[C@@H]4NCCC[C@@H]4C3)nc2c1. The molecule has 2 aromatic rings. The first-order valence-corrected chi connectivity index (χ1v) is 7.78. The summed E-state index contributed by atoms with van der Waals surface area (Å²) >= 11 is 0. The summed E-state index contributed by atoms with van der Waals surface area (Å²) in [6.07, 6.45) is 4.00. The molecule has 0 unspecified atom stereocenters. The molecule has 0 saturated carbocycles. The summed E-state index contributed by atoms with van der Waals surface area (Å²) in [5.41, 5.74) is 2.23. The lowest BCUT2D eigenvalue weighted by atomic mass is 9.85. The number of H-pyrrole nitrogens is 1. The summed E-state index contributed by atoms with van der Waals surface area (Å²) in [5, 5.41) is 3.68. The molecule has 2 aliphatic rings. The Morgan fingerprint density at radius 3 is 3.15 bits per heavy atom. The fourth-order valence-electron chi connectivity index (χ4n) is 3.76. The van der Waals surface area contributed by atoms with Gasteiger partial charge in [0.15, 0.2) is 0 Å². The maximum atomic E-state index is 4.70. The third-order valence-corrected chi connectivity index (χ3v) is 4.79. The average Bonchev–Trinajstić information content (AvgIpc) is 2.89. The number of hydrogen-bond donors (Lipinski definition) is 2. The first kappa shape index (κ1) is 12.4. The van der Waals surface area contributed by atoms with Crippen LogP contribution in [0.1, 0.15) is 25.1 Å². The van der Waals surface area contributed by atoms with Crippen molar-refractivity contribution < 1.29 is 0 Å². The number of benzene rings is 1. The summed E-state index contributed by atoms with van der Waals surface area (Å²) in [6.45, 7) is 4.57. The topological polar surface area (TPSA) is 44.0 Å². The van der Waals surface area contributed by atoms with Gasteiger partial charge in [0.25, 0.3) is 0 Å². The summed E-state index contributed by atoms with van der Waals surface area (Å²) in [7, 11) is 0. The number of nitrogens with one attached hydrogen (secondary N) is 2. The minimum absolute atomic E-state index is 0.760. The molecule has 0 radical (unpaired) electrons. The van der Waals surface area contributed by atoms with E-state index in [0.29, 0.717) is 0 Å². The van der Waals surface area contributed by atoms with E-state index in [1.807, 2.05) is 6.07 Å². The Kier molecular flexibility index (Phi) is 3.20. The van der Waals surface area contributed by atoms with Crippen molar-refractivity contribution in [2.75, 3.05) is 19.6 Å². The second-order valence-electron chi connectivity index (χ2n) is 6.19. The molecule has 20 heavy (non-hydrogen) atoms. The molecular weight excluding hydrogens is 248 g/mol. The van der Waals surface area contributed by atoms with Gasteiger partial charge in [0.1, 0.15) is 5.82 Å². The number of nitrogens with zero attached hydrogens (tertiary/aromatic N) is 2. The monoisotopic (exact) mass is 270 g/mol. The van der Waals surface area contributed by atoms with Crippen LogP contribution < -0.4 is 5.32 Å². The Morgan fingerprint density at radius 2 is 2.20 bits per heavy atom. The molecule has 2 fully saturated rings. The average molecular weight is 270 g/mol. The van der Waals surface area contributed by atoms with Crippen LogP contribution in [0.5, 0.6) is 0 Å². The maximum Gasteiger partial charge on any atom is 0.121 e. The van der Waals surface area contributed by atoms with Gasteiger partial charge < -0.3 is 10.3 Å². The van der Waals surface area contributed by atoms with Crippen LogP contribution in [0.4, 0.5) is 0 Å². The Bertz CT molecular complexity index is 558. The van der Waals surface area contributed by atoms with Crippen LogP contribution >= 0.6 is 0 Å². The number of piperidine rings is 2. The van der Waals surface area contributed by atoms with Crippen molar-refractivity contribution in [3.63, 3.8) is 0 Å². The first-order valence-electron chi connectivity index (χ1n) is 7.78. The number of hydrogen-bond acceptors (Lipinski definition) is 3. The number of aromatic nitrogens is 2. The van der Waals surface area contributed by atoms with E-state index in [1.165, 1.54) is 38.9 Å². The Hall–Kier alpha value is -1.39. The van der Waals surface area contributed by atoms with E-state index in [-0.39, 0.29) is 0 Å². The first-order chi connectivity index (χ1) is 9.88. The van der Waals surface area contributed by atoms with E-state index in [4.69, 9.17) is 4.98 Å². The predicted octanol–water partition coefficient (Wildman–Crippen LogP) is 2.14. The molecule has 4 rings (SSSR count). The normalized spacial score (nSPS) is 27.6. The zero-order chi connectivity index (χ0) is 13.4. The largest absolute Gasteiger partial charge is 0.341 e. The highest BCUT2D eigenvalue weighted by atomic mass is 15.2. The van der Waals surface area contributed by atoms with Gasteiger partial charge in [-0.15, -0.1) is 0 Å². The molecule has 4 nitrogen and oxygen atoms in total. The molecule has 1 aromatic heterocycles. The van der Waals surface area contributed by atoms with Crippen molar-refractivity contribution in [1.82, 2.24) is 20.2 Å². The fourth-order valence-corrected chi connectivity index (χ4v) is 3.76. The van der Waals surface area contributed by atoms with E-state index in [1.54, 1.807) is 0 Å². The summed E-state index contributed by atoms with van der Waals surface area (Å²) in [5.74, 6) is 1.94. The molecule has 2 aliphatic heterocycles. The molecular formula is C16H22N4. The smallest absolute Gasteiger partial charge is 0.121 e. The lowest BCUT2D eigenvalue weighted by Crippen LogP contribution is -2.51. The third kappa shape index (κ3) is 2.34. The van der Waals surface area contributed by atoms with Gasteiger partial charge in [-0.25, -0.2) is 4.98 Å². The highest BCUT2D eigenvalue weighted by molar-refractivity contribution is 5.74. The van der Waals surface area contributed by atoms with Crippen molar-refractivity contribution in [1.29, 1.82) is 0 Å². The summed E-state index contributed by atoms with van der Waals surface area (Å²) in [4.78, 5) is 10.7. The van der Waals surface area contributed by atoms with E-state index in [9.17, 15) is 0 Å². The van der Waals surface area contributed by atoms with Crippen molar-refractivity contribution in [2.45, 2.75) is 31.8 Å². The molecule has 4 heteroatoms. The summed E-state index contributed by atoms with van der Waals surface area (Å²) in [6, 6.07) is 9.04. The molecule has 3 heterocycles. The lowest BCUT2D eigenvalue weighted by Gasteiger charge is -2.41. The minimum Gasteiger partial charge on any atom is -0.341 e. The van der Waals surface area contributed by atoms with E-state index in [2.05, 4.69) is 33.4 Å². The van der Waals surface area contributed by atoms with Gasteiger partial charge in [-0.05, 0) is 43.9 Å². The van der Waals surface area contributed by atoms with Gasteiger partial charge in [-0.2, -0.15) is 0 Å². The maximum absolute atomic E-state index is 4.70. The third-order valence-electron chi connectivity index (χ3n) is 4.79. The fraction of sp³-hybridized carbons (Fsp3) is 0.562. The van der Waals surface area contributed by atoms with Crippen molar-refractivity contribution in [3.8, 4) is 0 Å². The van der Waals surface area contributed by atoms with Gasteiger partial charge in [0.05, 0.1) is 17.6 Å². The van der Waals surface area contributed by atoms with Gasteiger partial charge >= 0.3 is 0 Å². The van der Waals surface area contributed by atoms with Crippen LogP contribution in [-0.4, -0.2) is 40.5 Å². The Morgan fingerprint density at radius 1 is 1.25 bits per heavy atom. The van der Waals surface area contributed by atoms with Crippen molar-refractivity contribution >= 4 is 11.0 Å². The van der Waals surface area contributed by atoms with Crippen LogP contribution in [0.15, 0.2) is 24.3 Å². The van der Waals surface area contributed by atoms with Gasteiger partial charge in [0.2, 0.25) is 0 Å². The molecule has 2 N–H and O–H groups in total.